The molecule has 1 aromatic carbocycles. The standard InChI is InChI=1S/C19H18N2O5S/c1-12(17-4-3-7-27-17)21(2)19(22)14-9-24-18(20-14)10-23-13-5-6-15-16(8-13)26-11-25-15/h3-9,12H,10-11H2,1-2H3. The Labute approximate surface area is 160 Å². The molecule has 1 amide bonds. The Kier molecular flexibility index (Phi) is 4.72. The number of rotatable bonds is 6. The second-order valence-corrected chi connectivity index (χ2v) is 7.02. The smallest absolute Gasteiger partial charge is 0.276 e. The van der Waals surface area contributed by atoms with Crippen LogP contribution in [-0.4, -0.2) is 29.6 Å². The van der Waals surface area contributed by atoms with Crippen LogP contribution in [0.2, 0.25) is 0 Å². The fourth-order valence-corrected chi connectivity index (χ4v) is 3.49. The van der Waals surface area contributed by atoms with Gasteiger partial charge in [0.25, 0.3) is 5.91 Å². The van der Waals surface area contributed by atoms with Gasteiger partial charge in [0.2, 0.25) is 12.7 Å². The third-order valence-corrected chi connectivity index (χ3v) is 5.38. The molecule has 0 saturated heterocycles. The Balaban J connectivity index is 1.38. The molecule has 0 spiro atoms. The van der Waals surface area contributed by atoms with Gasteiger partial charge in [0.05, 0.1) is 6.04 Å². The lowest BCUT2D eigenvalue weighted by molar-refractivity contribution is 0.0739. The lowest BCUT2D eigenvalue weighted by Crippen LogP contribution is -2.29. The number of oxazole rings is 1. The summed E-state index contributed by atoms with van der Waals surface area (Å²) in [4.78, 5) is 19.6. The van der Waals surface area contributed by atoms with Crippen molar-refractivity contribution in [2.24, 2.45) is 0 Å². The largest absolute Gasteiger partial charge is 0.484 e. The van der Waals surface area contributed by atoms with Crippen LogP contribution in [0.25, 0.3) is 0 Å². The summed E-state index contributed by atoms with van der Waals surface area (Å²) < 4.78 is 21.6. The van der Waals surface area contributed by atoms with Gasteiger partial charge in [-0.25, -0.2) is 4.98 Å². The summed E-state index contributed by atoms with van der Waals surface area (Å²) in [6.45, 7) is 2.30. The highest BCUT2D eigenvalue weighted by Gasteiger charge is 2.22. The molecule has 1 atom stereocenters. The van der Waals surface area contributed by atoms with E-state index >= 15 is 0 Å². The molecule has 140 valence electrons. The highest BCUT2D eigenvalue weighted by molar-refractivity contribution is 7.10. The van der Waals surface area contributed by atoms with Crippen molar-refractivity contribution in [3.05, 3.63) is 58.4 Å². The molecule has 27 heavy (non-hydrogen) atoms. The fourth-order valence-electron chi connectivity index (χ4n) is 2.66. The molecule has 3 aromatic rings. The molecule has 1 aliphatic rings. The molecule has 1 unspecified atom stereocenters. The molecule has 2 aromatic heterocycles. The maximum Gasteiger partial charge on any atom is 0.276 e. The normalized spacial score (nSPS) is 13.4. The number of amides is 1. The lowest BCUT2D eigenvalue weighted by Gasteiger charge is -2.22. The van der Waals surface area contributed by atoms with Crippen LogP contribution in [-0.2, 0) is 6.61 Å². The first-order valence-electron chi connectivity index (χ1n) is 8.39. The number of ether oxygens (including phenoxy) is 3. The van der Waals surface area contributed by atoms with Gasteiger partial charge in [-0.05, 0) is 30.5 Å². The second-order valence-electron chi connectivity index (χ2n) is 6.04. The summed E-state index contributed by atoms with van der Waals surface area (Å²) in [7, 11) is 1.75. The summed E-state index contributed by atoms with van der Waals surface area (Å²) in [5, 5.41) is 1.99. The zero-order chi connectivity index (χ0) is 18.8. The van der Waals surface area contributed by atoms with Gasteiger partial charge in [-0.15, -0.1) is 11.3 Å². The van der Waals surface area contributed by atoms with Crippen LogP contribution in [0.5, 0.6) is 17.2 Å². The highest BCUT2D eigenvalue weighted by Crippen LogP contribution is 2.35. The van der Waals surface area contributed by atoms with Gasteiger partial charge in [0.1, 0.15) is 12.0 Å². The minimum atomic E-state index is -0.200. The number of thiophene rings is 1. The van der Waals surface area contributed by atoms with Gasteiger partial charge >= 0.3 is 0 Å². The number of carbonyl (C=O) groups is 1. The summed E-state index contributed by atoms with van der Waals surface area (Å²) in [5.74, 6) is 2.06. The van der Waals surface area contributed by atoms with E-state index in [4.69, 9.17) is 18.6 Å². The molecular weight excluding hydrogens is 368 g/mol. The van der Waals surface area contributed by atoms with Crippen molar-refractivity contribution < 1.29 is 23.4 Å². The van der Waals surface area contributed by atoms with E-state index in [1.54, 1.807) is 41.5 Å². The number of nitrogens with zero attached hydrogens (tertiary/aromatic N) is 2. The Bertz CT molecular complexity index is 937. The predicted molar refractivity (Wildman–Crippen MR) is 98.2 cm³/mol. The van der Waals surface area contributed by atoms with Gasteiger partial charge in [-0.2, -0.15) is 0 Å². The van der Waals surface area contributed by atoms with E-state index in [1.807, 2.05) is 24.4 Å². The van der Waals surface area contributed by atoms with Crippen molar-refractivity contribution in [2.45, 2.75) is 19.6 Å². The molecular formula is C19H18N2O5S. The molecule has 0 fully saturated rings. The van der Waals surface area contributed by atoms with E-state index in [1.165, 1.54) is 6.26 Å². The number of fused-ring (bicyclic) bond motifs is 1. The first kappa shape index (κ1) is 17.4. The lowest BCUT2D eigenvalue weighted by atomic mass is 10.2. The van der Waals surface area contributed by atoms with Crippen molar-refractivity contribution in [2.75, 3.05) is 13.8 Å². The average molecular weight is 386 g/mol. The first-order valence-corrected chi connectivity index (χ1v) is 9.27. The maximum absolute atomic E-state index is 12.6. The molecule has 3 heterocycles. The monoisotopic (exact) mass is 386 g/mol. The molecule has 0 bridgehead atoms. The van der Waals surface area contributed by atoms with Gasteiger partial charge in [0.15, 0.2) is 23.8 Å². The third-order valence-electron chi connectivity index (χ3n) is 4.33. The quantitative estimate of drug-likeness (QED) is 0.640. The van der Waals surface area contributed by atoms with Crippen molar-refractivity contribution in [1.29, 1.82) is 0 Å². The zero-order valence-corrected chi connectivity index (χ0v) is 15.7. The van der Waals surface area contributed by atoms with Crippen molar-refractivity contribution in [3.8, 4) is 17.2 Å². The number of carbonyl (C=O) groups excluding carboxylic acids is 1. The number of aromatic nitrogens is 1. The van der Waals surface area contributed by atoms with E-state index in [9.17, 15) is 4.79 Å². The molecule has 0 aliphatic carbocycles. The van der Waals surface area contributed by atoms with Crippen LogP contribution in [0.4, 0.5) is 0 Å². The molecule has 0 N–H and O–H groups in total. The van der Waals surface area contributed by atoms with E-state index in [0.717, 1.165) is 4.88 Å². The SMILES string of the molecule is CC(c1cccs1)N(C)C(=O)c1coc(COc2ccc3c(c2)OCO3)n1. The van der Waals surface area contributed by atoms with Crippen LogP contribution in [0.1, 0.15) is 34.2 Å². The zero-order valence-electron chi connectivity index (χ0n) is 14.9. The average Bonchev–Trinajstić information content (AvgIpc) is 3.45. The summed E-state index contributed by atoms with van der Waals surface area (Å²) in [6, 6.07) is 9.24. The molecule has 0 saturated carbocycles. The topological polar surface area (TPSA) is 74.0 Å². The summed E-state index contributed by atoms with van der Waals surface area (Å²) >= 11 is 1.61. The number of benzene rings is 1. The summed E-state index contributed by atoms with van der Waals surface area (Å²) in [6.07, 6.45) is 1.36. The number of hydrogen-bond acceptors (Lipinski definition) is 7. The predicted octanol–water partition coefficient (Wildman–Crippen LogP) is 3.88. The van der Waals surface area contributed by atoms with Crippen LogP contribution < -0.4 is 14.2 Å². The van der Waals surface area contributed by atoms with E-state index < -0.39 is 0 Å². The van der Waals surface area contributed by atoms with Crippen molar-refractivity contribution in [3.63, 3.8) is 0 Å². The molecule has 8 heteroatoms. The van der Waals surface area contributed by atoms with E-state index in [-0.39, 0.29) is 31.0 Å². The van der Waals surface area contributed by atoms with Gasteiger partial charge in [-0.3, -0.25) is 4.79 Å². The maximum atomic E-state index is 12.6. The minimum absolute atomic E-state index is 0.0393. The van der Waals surface area contributed by atoms with Gasteiger partial charge < -0.3 is 23.5 Å². The van der Waals surface area contributed by atoms with Gasteiger partial charge in [-0.1, -0.05) is 6.07 Å². The third kappa shape index (κ3) is 3.61. The van der Waals surface area contributed by atoms with Crippen LogP contribution >= 0.6 is 11.3 Å². The van der Waals surface area contributed by atoms with Crippen LogP contribution in [0, 0.1) is 0 Å². The Morgan fingerprint density at radius 3 is 3.00 bits per heavy atom. The minimum Gasteiger partial charge on any atom is -0.484 e. The Hall–Kier alpha value is -3.00. The highest BCUT2D eigenvalue weighted by atomic mass is 32.1. The van der Waals surface area contributed by atoms with E-state index in [2.05, 4.69) is 4.98 Å². The Morgan fingerprint density at radius 1 is 1.33 bits per heavy atom. The van der Waals surface area contributed by atoms with Gasteiger partial charge in [0, 0.05) is 18.0 Å². The molecule has 0 radical (unpaired) electrons. The van der Waals surface area contributed by atoms with Crippen LogP contribution in [0.3, 0.4) is 0 Å². The Morgan fingerprint density at radius 2 is 2.19 bits per heavy atom. The van der Waals surface area contributed by atoms with E-state index in [0.29, 0.717) is 23.1 Å². The molecule has 7 nitrogen and oxygen atoms in total. The van der Waals surface area contributed by atoms with Crippen molar-refractivity contribution in [1.82, 2.24) is 9.88 Å². The molecule has 4 rings (SSSR count). The fraction of sp³-hybridized carbons (Fsp3) is 0.263. The second kappa shape index (κ2) is 7.32. The van der Waals surface area contributed by atoms with Crippen molar-refractivity contribution >= 4 is 17.2 Å². The molecule has 1 aliphatic heterocycles. The number of hydrogen-bond donors (Lipinski definition) is 0. The van der Waals surface area contributed by atoms with Crippen LogP contribution in [0.15, 0.2) is 46.4 Å². The summed E-state index contributed by atoms with van der Waals surface area (Å²) in [5.41, 5.74) is 0.255. The first-order chi connectivity index (χ1) is 13.1.